The Kier molecular flexibility index (Phi) is 2.95. The van der Waals surface area contributed by atoms with E-state index >= 15 is 0 Å². The molecule has 1 aromatic carbocycles. The third-order valence-corrected chi connectivity index (χ3v) is 3.12. The fourth-order valence-electron chi connectivity index (χ4n) is 1.84. The van der Waals surface area contributed by atoms with Gasteiger partial charge in [-0.15, -0.1) is 0 Å². The summed E-state index contributed by atoms with van der Waals surface area (Å²) in [6.07, 6.45) is 2.15. The highest BCUT2D eigenvalue weighted by Gasteiger charge is 2.24. The van der Waals surface area contributed by atoms with Gasteiger partial charge in [0, 0.05) is 11.6 Å². The number of nitrogens with one attached hydrogen (secondary N) is 2. The number of nitrogens with zero attached hydrogens (tertiary/aromatic N) is 1. The summed E-state index contributed by atoms with van der Waals surface area (Å²) in [5.41, 5.74) is 2.20. The molecule has 0 atom stereocenters. The van der Waals surface area contributed by atoms with Crippen LogP contribution in [-0.4, -0.2) is 29.3 Å². The number of amides is 1. The van der Waals surface area contributed by atoms with Crippen molar-refractivity contribution in [2.75, 3.05) is 7.11 Å². The summed E-state index contributed by atoms with van der Waals surface area (Å²) in [6, 6.07) is 9.68. The zero-order valence-corrected chi connectivity index (χ0v) is 10.6. The molecule has 2 aromatic rings. The molecule has 0 unspecified atom stereocenters. The van der Waals surface area contributed by atoms with Crippen LogP contribution in [0, 0.1) is 0 Å². The Morgan fingerprint density at radius 3 is 2.74 bits per heavy atom. The molecule has 0 aliphatic heterocycles. The van der Waals surface area contributed by atoms with Crippen LogP contribution in [0.1, 0.15) is 23.3 Å². The van der Waals surface area contributed by atoms with E-state index in [0.29, 0.717) is 11.7 Å². The molecule has 1 fully saturated rings. The predicted molar refractivity (Wildman–Crippen MR) is 71.1 cm³/mol. The van der Waals surface area contributed by atoms with Crippen LogP contribution in [0.4, 0.5) is 0 Å². The topological polar surface area (TPSA) is 67.0 Å². The first-order valence-electron chi connectivity index (χ1n) is 6.27. The molecule has 5 heteroatoms. The van der Waals surface area contributed by atoms with Gasteiger partial charge in [-0.05, 0) is 43.2 Å². The molecule has 0 radical (unpaired) electrons. The van der Waals surface area contributed by atoms with Crippen LogP contribution < -0.4 is 10.1 Å². The van der Waals surface area contributed by atoms with Crippen molar-refractivity contribution in [3.05, 3.63) is 36.0 Å². The molecule has 1 saturated carbocycles. The summed E-state index contributed by atoms with van der Waals surface area (Å²) in [7, 11) is 1.63. The number of aromatic nitrogens is 2. The van der Waals surface area contributed by atoms with Crippen LogP contribution in [0.3, 0.4) is 0 Å². The van der Waals surface area contributed by atoms with Crippen molar-refractivity contribution < 1.29 is 9.53 Å². The van der Waals surface area contributed by atoms with Gasteiger partial charge in [0.15, 0.2) is 0 Å². The number of ether oxygens (including phenoxy) is 1. The van der Waals surface area contributed by atoms with Crippen LogP contribution in [0.2, 0.25) is 0 Å². The smallest absolute Gasteiger partial charge is 0.269 e. The number of hydrogen-bond donors (Lipinski definition) is 2. The third-order valence-electron chi connectivity index (χ3n) is 3.12. The van der Waals surface area contributed by atoms with Gasteiger partial charge in [-0.25, -0.2) is 0 Å². The molecule has 98 valence electrons. The first kappa shape index (κ1) is 11.8. The second-order valence-electron chi connectivity index (χ2n) is 4.64. The van der Waals surface area contributed by atoms with E-state index in [1.54, 1.807) is 13.2 Å². The molecule has 1 amide bonds. The van der Waals surface area contributed by atoms with Gasteiger partial charge in [0.05, 0.1) is 12.8 Å². The van der Waals surface area contributed by atoms with Crippen LogP contribution >= 0.6 is 0 Å². The van der Waals surface area contributed by atoms with Crippen LogP contribution in [0.25, 0.3) is 11.3 Å². The number of methoxy groups -OCH3 is 1. The maximum Gasteiger partial charge on any atom is 0.269 e. The van der Waals surface area contributed by atoms with Gasteiger partial charge in [0.25, 0.3) is 5.91 Å². The second kappa shape index (κ2) is 4.76. The highest BCUT2D eigenvalue weighted by molar-refractivity contribution is 5.93. The van der Waals surface area contributed by atoms with Crippen molar-refractivity contribution in [2.24, 2.45) is 0 Å². The predicted octanol–water partition coefficient (Wildman–Crippen LogP) is 1.98. The average Bonchev–Trinajstić information content (AvgIpc) is 3.11. The normalized spacial score (nSPS) is 14.2. The molecule has 0 saturated heterocycles. The van der Waals surface area contributed by atoms with Crippen molar-refractivity contribution in [1.29, 1.82) is 0 Å². The Labute approximate surface area is 111 Å². The Morgan fingerprint density at radius 2 is 2.11 bits per heavy atom. The summed E-state index contributed by atoms with van der Waals surface area (Å²) in [5, 5.41) is 9.86. The summed E-state index contributed by atoms with van der Waals surface area (Å²) in [4.78, 5) is 11.8. The maximum atomic E-state index is 11.8. The lowest BCUT2D eigenvalue weighted by Crippen LogP contribution is -2.25. The third kappa shape index (κ3) is 2.59. The lowest BCUT2D eigenvalue weighted by molar-refractivity contribution is 0.0946. The van der Waals surface area contributed by atoms with Gasteiger partial charge in [0.1, 0.15) is 11.4 Å². The van der Waals surface area contributed by atoms with Crippen molar-refractivity contribution in [1.82, 2.24) is 15.5 Å². The summed E-state index contributed by atoms with van der Waals surface area (Å²) >= 11 is 0. The number of carbonyl (C=O) groups excluding carboxylic acids is 1. The van der Waals surface area contributed by atoms with Crippen molar-refractivity contribution >= 4 is 5.91 Å². The lowest BCUT2D eigenvalue weighted by atomic mass is 10.1. The number of hydrogen-bond acceptors (Lipinski definition) is 3. The summed E-state index contributed by atoms with van der Waals surface area (Å²) in [5.74, 6) is 0.709. The number of rotatable bonds is 4. The molecule has 0 spiro atoms. The number of aromatic amines is 1. The van der Waals surface area contributed by atoms with E-state index < -0.39 is 0 Å². The number of carbonyl (C=O) groups is 1. The van der Waals surface area contributed by atoms with Crippen LogP contribution in [-0.2, 0) is 0 Å². The van der Waals surface area contributed by atoms with E-state index in [1.807, 2.05) is 24.3 Å². The molecule has 1 aromatic heterocycles. The largest absolute Gasteiger partial charge is 0.497 e. The van der Waals surface area contributed by atoms with E-state index in [-0.39, 0.29) is 5.91 Å². The quantitative estimate of drug-likeness (QED) is 0.880. The second-order valence-corrected chi connectivity index (χ2v) is 4.64. The lowest BCUT2D eigenvalue weighted by Gasteiger charge is -2.00. The van der Waals surface area contributed by atoms with E-state index in [9.17, 15) is 4.79 Å². The van der Waals surface area contributed by atoms with Gasteiger partial charge >= 0.3 is 0 Å². The van der Waals surface area contributed by atoms with Crippen molar-refractivity contribution in [3.63, 3.8) is 0 Å². The summed E-state index contributed by atoms with van der Waals surface area (Å²) in [6.45, 7) is 0. The first-order chi connectivity index (χ1) is 9.26. The Bertz CT molecular complexity index is 585. The molecule has 5 nitrogen and oxygen atoms in total. The molecular weight excluding hydrogens is 242 g/mol. The van der Waals surface area contributed by atoms with Crippen LogP contribution in [0.5, 0.6) is 5.75 Å². The molecule has 3 rings (SSSR count). The van der Waals surface area contributed by atoms with Gasteiger partial charge in [-0.2, -0.15) is 5.10 Å². The van der Waals surface area contributed by atoms with E-state index in [2.05, 4.69) is 15.5 Å². The standard InChI is InChI=1S/C14H15N3O2/c1-19-11-6-2-9(3-7-11)12-8-13(17-16-12)14(18)15-10-4-5-10/h2-3,6-8,10H,4-5H2,1H3,(H,15,18)(H,16,17). The van der Waals surface area contributed by atoms with Gasteiger partial charge in [0.2, 0.25) is 0 Å². The maximum absolute atomic E-state index is 11.8. The molecule has 1 aliphatic rings. The monoisotopic (exact) mass is 257 g/mol. The van der Waals surface area contributed by atoms with Gasteiger partial charge in [-0.1, -0.05) is 0 Å². The van der Waals surface area contributed by atoms with E-state index in [0.717, 1.165) is 29.8 Å². The Balaban J connectivity index is 1.77. The number of H-pyrrole nitrogens is 1. The molecule has 1 heterocycles. The number of benzene rings is 1. The highest BCUT2D eigenvalue weighted by atomic mass is 16.5. The van der Waals surface area contributed by atoms with Gasteiger partial charge < -0.3 is 10.1 Å². The minimum atomic E-state index is -0.0882. The zero-order valence-electron chi connectivity index (χ0n) is 10.6. The molecule has 1 aliphatic carbocycles. The van der Waals surface area contributed by atoms with Crippen molar-refractivity contribution in [3.8, 4) is 17.0 Å². The highest BCUT2D eigenvalue weighted by Crippen LogP contribution is 2.22. The summed E-state index contributed by atoms with van der Waals surface area (Å²) < 4.78 is 5.11. The van der Waals surface area contributed by atoms with Gasteiger partial charge in [-0.3, -0.25) is 9.89 Å². The average molecular weight is 257 g/mol. The fraction of sp³-hybridized carbons (Fsp3) is 0.286. The van der Waals surface area contributed by atoms with Crippen LogP contribution in [0.15, 0.2) is 30.3 Å². The first-order valence-corrected chi connectivity index (χ1v) is 6.27. The molecular formula is C14H15N3O2. The van der Waals surface area contributed by atoms with E-state index in [1.165, 1.54) is 0 Å². The minimum absolute atomic E-state index is 0.0882. The molecule has 2 N–H and O–H groups in total. The SMILES string of the molecule is COc1ccc(-c2cc(C(=O)NC3CC3)[nH]n2)cc1. The van der Waals surface area contributed by atoms with E-state index in [4.69, 9.17) is 4.74 Å². The minimum Gasteiger partial charge on any atom is -0.497 e. The zero-order chi connectivity index (χ0) is 13.2. The fourth-order valence-corrected chi connectivity index (χ4v) is 1.84. The Morgan fingerprint density at radius 1 is 1.37 bits per heavy atom. The molecule has 19 heavy (non-hydrogen) atoms. The molecule has 0 bridgehead atoms. The van der Waals surface area contributed by atoms with Crippen molar-refractivity contribution in [2.45, 2.75) is 18.9 Å². The Hall–Kier alpha value is -2.30.